The van der Waals surface area contributed by atoms with Gasteiger partial charge < -0.3 is 20.1 Å². The van der Waals surface area contributed by atoms with Crippen LogP contribution in [-0.2, 0) is 6.54 Å². The summed E-state index contributed by atoms with van der Waals surface area (Å²) in [5.74, 6) is 0.116. The number of likely N-dealkylation sites (N-methyl/N-ethyl adjacent to an activating group) is 1. The van der Waals surface area contributed by atoms with Gasteiger partial charge in [-0.2, -0.15) is 0 Å². The second-order valence-electron chi connectivity index (χ2n) is 5.62. The van der Waals surface area contributed by atoms with E-state index in [1.54, 1.807) is 6.07 Å². The summed E-state index contributed by atoms with van der Waals surface area (Å²) in [6.45, 7) is 7.78. The number of amides is 1. The lowest BCUT2D eigenvalue weighted by Gasteiger charge is -2.30. The van der Waals surface area contributed by atoms with Crippen LogP contribution in [0.15, 0.2) is 12.3 Å². The zero-order valence-electron chi connectivity index (χ0n) is 12.8. The highest BCUT2D eigenvalue weighted by molar-refractivity contribution is 5.94. The third-order valence-corrected chi connectivity index (χ3v) is 4.11. The standard InChI is InChI=1S/C15H26N4O/c1-4-13-11-17(3)7-6-8-19(13)15(20)14-9-12(16)10-18(14)5-2/h9-10,13H,4-8,11,16H2,1-3H3. The summed E-state index contributed by atoms with van der Waals surface area (Å²) >= 11 is 0. The predicted molar refractivity (Wildman–Crippen MR) is 81.7 cm³/mol. The Morgan fingerprint density at radius 3 is 2.80 bits per heavy atom. The van der Waals surface area contributed by atoms with Gasteiger partial charge in [0, 0.05) is 31.9 Å². The number of aryl methyl sites for hydroxylation is 1. The minimum absolute atomic E-state index is 0.116. The van der Waals surface area contributed by atoms with Crippen LogP contribution in [0.3, 0.4) is 0 Å². The van der Waals surface area contributed by atoms with Gasteiger partial charge in [-0.1, -0.05) is 6.92 Å². The SMILES string of the molecule is CCC1CN(C)CCCN1C(=O)c1cc(N)cn1CC. The van der Waals surface area contributed by atoms with Crippen molar-refractivity contribution in [3.05, 3.63) is 18.0 Å². The average Bonchev–Trinajstić information content (AvgIpc) is 2.70. The Labute approximate surface area is 121 Å². The van der Waals surface area contributed by atoms with E-state index >= 15 is 0 Å². The van der Waals surface area contributed by atoms with Crippen LogP contribution in [0, 0.1) is 0 Å². The van der Waals surface area contributed by atoms with Gasteiger partial charge in [0.25, 0.3) is 5.91 Å². The van der Waals surface area contributed by atoms with Crippen LogP contribution in [-0.4, -0.2) is 53.0 Å². The molecule has 1 atom stereocenters. The summed E-state index contributed by atoms with van der Waals surface area (Å²) in [6.07, 6.45) is 3.86. The van der Waals surface area contributed by atoms with E-state index < -0.39 is 0 Å². The fourth-order valence-corrected chi connectivity index (χ4v) is 2.98. The molecule has 1 aliphatic rings. The van der Waals surface area contributed by atoms with Crippen LogP contribution < -0.4 is 5.73 Å². The Kier molecular flexibility index (Phi) is 4.70. The molecule has 112 valence electrons. The molecule has 1 amide bonds. The summed E-state index contributed by atoms with van der Waals surface area (Å²) < 4.78 is 1.94. The van der Waals surface area contributed by atoms with Crippen LogP contribution in [0.2, 0.25) is 0 Å². The zero-order valence-corrected chi connectivity index (χ0v) is 12.8. The van der Waals surface area contributed by atoms with Gasteiger partial charge in [0.05, 0.1) is 5.69 Å². The maximum absolute atomic E-state index is 12.9. The van der Waals surface area contributed by atoms with Crippen molar-refractivity contribution in [2.24, 2.45) is 0 Å². The van der Waals surface area contributed by atoms with Crippen LogP contribution in [0.5, 0.6) is 0 Å². The molecule has 0 saturated carbocycles. The second-order valence-corrected chi connectivity index (χ2v) is 5.62. The predicted octanol–water partition coefficient (Wildman–Crippen LogP) is 1.65. The number of nitrogens with two attached hydrogens (primary N) is 1. The Morgan fingerprint density at radius 1 is 1.40 bits per heavy atom. The molecule has 1 aliphatic heterocycles. The van der Waals surface area contributed by atoms with E-state index in [4.69, 9.17) is 5.73 Å². The lowest BCUT2D eigenvalue weighted by atomic mass is 10.1. The van der Waals surface area contributed by atoms with Gasteiger partial charge in [0.15, 0.2) is 0 Å². The van der Waals surface area contributed by atoms with Crippen molar-refractivity contribution in [1.29, 1.82) is 0 Å². The molecule has 0 aromatic carbocycles. The third-order valence-electron chi connectivity index (χ3n) is 4.11. The molecular formula is C15H26N4O. The first-order valence-electron chi connectivity index (χ1n) is 7.52. The maximum atomic E-state index is 12.9. The molecule has 1 unspecified atom stereocenters. The van der Waals surface area contributed by atoms with Gasteiger partial charge in [0.1, 0.15) is 5.69 Å². The van der Waals surface area contributed by atoms with Gasteiger partial charge in [-0.15, -0.1) is 0 Å². The number of rotatable bonds is 3. The highest BCUT2D eigenvalue weighted by Gasteiger charge is 2.28. The number of carbonyl (C=O) groups is 1. The molecule has 0 bridgehead atoms. The van der Waals surface area contributed by atoms with Crippen molar-refractivity contribution in [3.8, 4) is 0 Å². The molecular weight excluding hydrogens is 252 g/mol. The molecule has 5 heteroatoms. The van der Waals surface area contributed by atoms with Gasteiger partial charge in [-0.25, -0.2) is 0 Å². The number of carbonyl (C=O) groups excluding carboxylic acids is 1. The molecule has 1 fully saturated rings. The minimum Gasteiger partial charge on any atom is -0.397 e. The van der Waals surface area contributed by atoms with Crippen molar-refractivity contribution >= 4 is 11.6 Å². The Bertz CT molecular complexity index is 468. The number of nitrogen functional groups attached to an aromatic ring is 1. The Hall–Kier alpha value is -1.49. The van der Waals surface area contributed by atoms with E-state index in [1.807, 2.05) is 22.6 Å². The van der Waals surface area contributed by atoms with Crippen molar-refractivity contribution in [2.45, 2.75) is 39.3 Å². The maximum Gasteiger partial charge on any atom is 0.270 e. The van der Waals surface area contributed by atoms with Crippen molar-refractivity contribution in [3.63, 3.8) is 0 Å². The molecule has 2 heterocycles. The summed E-state index contributed by atoms with van der Waals surface area (Å²) in [5.41, 5.74) is 7.22. The first kappa shape index (κ1) is 14.9. The molecule has 1 saturated heterocycles. The van der Waals surface area contributed by atoms with Crippen LogP contribution in [0.4, 0.5) is 5.69 Å². The second kappa shape index (κ2) is 6.31. The van der Waals surface area contributed by atoms with E-state index in [1.165, 1.54) is 0 Å². The lowest BCUT2D eigenvalue weighted by Crippen LogP contribution is -2.44. The normalized spacial score (nSPS) is 20.9. The largest absolute Gasteiger partial charge is 0.397 e. The monoisotopic (exact) mass is 278 g/mol. The molecule has 0 radical (unpaired) electrons. The molecule has 1 aromatic rings. The summed E-state index contributed by atoms with van der Waals surface area (Å²) in [5, 5.41) is 0. The fourth-order valence-electron chi connectivity index (χ4n) is 2.98. The molecule has 5 nitrogen and oxygen atoms in total. The Balaban J connectivity index is 2.25. The van der Waals surface area contributed by atoms with Crippen molar-refractivity contribution < 1.29 is 4.79 Å². The minimum atomic E-state index is 0.116. The van der Waals surface area contributed by atoms with Crippen LogP contribution >= 0.6 is 0 Å². The molecule has 20 heavy (non-hydrogen) atoms. The van der Waals surface area contributed by atoms with Gasteiger partial charge in [-0.05, 0) is 39.4 Å². The first-order valence-corrected chi connectivity index (χ1v) is 7.52. The van der Waals surface area contributed by atoms with E-state index in [-0.39, 0.29) is 11.9 Å². The van der Waals surface area contributed by atoms with E-state index in [0.717, 1.165) is 39.0 Å². The average molecular weight is 278 g/mol. The summed E-state index contributed by atoms with van der Waals surface area (Å²) in [6, 6.07) is 2.09. The number of hydrogen-bond acceptors (Lipinski definition) is 3. The quantitative estimate of drug-likeness (QED) is 0.914. The molecule has 1 aromatic heterocycles. The van der Waals surface area contributed by atoms with E-state index in [0.29, 0.717) is 11.4 Å². The molecule has 0 aliphatic carbocycles. The third kappa shape index (κ3) is 2.98. The van der Waals surface area contributed by atoms with E-state index in [2.05, 4.69) is 18.9 Å². The first-order chi connectivity index (χ1) is 9.56. The summed E-state index contributed by atoms with van der Waals surface area (Å²) in [7, 11) is 2.13. The zero-order chi connectivity index (χ0) is 14.7. The van der Waals surface area contributed by atoms with Gasteiger partial charge in [0.2, 0.25) is 0 Å². The number of aromatic nitrogens is 1. The highest BCUT2D eigenvalue weighted by atomic mass is 16.2. The topological polar surface area (TPSA) is 54.5 Å². The molecule has 0 spiro atoms. The van der Waals surface area contributed by atoms with Gasteiger partial charge >= 0.3 is 0 Å². The van der Waals surface area contributed by atoms with Crippen LogP contribution in [0.1, 0.15) is 37.2 Å². The Morgan fingerprint density at radius 2 is 2.15 bits per heavy atom. The smallest absolute Gasteiger partial charge is 0.270 e. The van der Waals surface area contributed by atoms with E-state index in [9.17, 15) is 4.79 Å². The van der Waals surface area contributed by atoms with Crippen molar-refractivity contribution in [2.75, 3.05) is 32.4 Å². The molecule has 2 N–H and O–H groups in total. The lowest BCUT2D eigenvalue weighted by molar-refractivity contribution is 0.0665. The van der Waals surface area contributed by atoms with Crippen molar-refractivity contribution in [1.82, 2.24) is 14.4 Å². The number of hydrogen-bond donors (Lipinski definition) is 1. The number of anilines is 1. The van der Waals surface area contributed by atoms with Gasteiger partial charge in [-0.3, -0.25) is 4.79 Å². The fraction of sp³-hybridized carbons (Fsp3) is 0.667. The molecule has 2 rings (SSSR count). The highest BCUT2D eigenvalue weighted by Crippen LogP contribution is 2.18. The van der Waals surface area contributed by atoms with Crippen LogP contribution in [0.25, 0.3) is 0 Å². The number of nitrogens with zero attached hydrogens (tertiary/aromatic N) is 3. The summed E-state index contributed by atoms with van der Waals surface area (Å²) in [4.78, 5) is 17.2.